The van der Waals surface area contributed by atoms with Gasteiger partial charge in [0.05, 0.1) is 6.20 Å². The van der Waals surface area contributed by atoms with E-state index in [1.54, 1.807) is 15.8 Å². The molecule has 3 atom stereocenters. The zero-order chi connectivity index (χ0) is 22.5. The number of aromatic nitrogens is 2. The highest BCUT2D eigenvalue weighted by Gasteiger charge is 2.45. The highest BCUT2D eigenvalue weighted by Crippen LogP contribution is 2.38. The second-order valence-corrected chi connectivity index (χ2v) is 11.4. The fourth-order valence-corrected chi connectivity index (χ4v) is 7.26. The maximum atomic E-state index is 13.3. The van der Waals surface area contributed by atoms with Crippen LogP contribution < -0.4 is 0 Å². The van der Waals surface area contributed by atoms with Crippen LogP contribution in [0.3, 0.4) is 0 Å². The van der Waals surface area contributed by atoms with E-state index in [9.17, 15) is 18.0 Å². The topological polar surface area (TPSA) is 99.1 Å². The standard InChI is InChI=1S/C21H32N6O4S/c1-2-25-15-18(11-22-25)32(30,31)26-8-6-23(7-9-26)21(29)24-12-16-10-17(14-24)19-4-3-5-20(28)27(19)13-16/h11,15-17,19H,2-10,12-14H2,1H3/t16-,17-,19-/m1/s1. The molecule has 0 unspecified atom stereocenters. The molecule has 0 radical (unpaired) electrons. The van der Waals surface area contributed by atoms with E-state index in [0.717, 1.165) is 25.8 Å². The number of piperidine rings is 3. The first-order chi connectivity index (χ1) is 15.4. The second kappa shape index (κ2) is 8.33. The average Bonchev–Trinajstić information content (AvgIpc) is 3.30. The Morgan fingerprint density at radius 1 is 1.12 bits per heavy atom. The van der Waals surface area contributed by atoms with Gasteiger partial charge in [0.1, 0.15) is 4.90 Å². The number of hydrogen-bond donors (Lipinski definition) is 0. The summed E-state index contributed by atoms with van der Waals surface area (Å²) in [6.07, 6.45) is 6.68. The summed E-state index contributed by atoms with van der Waals surface area (Å²) in [6, 6.07) is 0.278. The number of carbonyl (C=O) groups excluding carboxylic acids is 2. The maximum absolute atomic E-state index is 13.3. The van der Waals surface area contributed by atoms with Crippen LogP contribution in [-0.2, 0) is 21.4 Å². The highest BCUT2D eigenvalue weighted by atomic mass is 32.2. The quantitative estimate of drug-likeness (QED) is 0.655. The molecule has 4 aliphatic rings. The predicted octanol–water partition coefficient (Wildman–Crippen LogP) is 0.662. The lowest BCUT2D eigenvalue weighted by Gasteiger charge is -2.53. The molecule has 32 heavy (non-hydrogen) atoms. The smallest absolute Gasteiger partial charge is 0.320 e. The summed E-state index contributed by atoms with van der Waals surface area (Å²) in [5.74, 6) is 0.970. The monoisotopic (exact) mass is 464 g/mol. The van der Waals surface area contributed by atoms with Crippen LogP contribution in [-0.4, -0.2) is 101 Å². The first-order valence-corrected chi connectivity index (χ1v) is 13.2. The van der Waals surface area contributed by atoms with E-state index in [-0.39, 0.29) is 36.0 Å². The lowest BCUT2D eigenvalue weighted by Crippen LogP contribution is -2.63. The summed E-state index contributed by atoms with van der Waals surface area (Å²) in [4.78, 5) is 31.6. The molecular weight excluding hydrogens is 432 g/mol. The molecule has 176 valence electrons. The van der Waals surface area contributed by atoms with E-state index in [4.69, 9.17) is 0 Å². The van der Waals surface area contributed by atoms with Gasteiger partial charge in [0.2, 0.25) is 15.9 Å². The number of amides is 3. The van der Waals surface area contributed by atoms with Gasteiger partial charge in [-0.05, 0) is 38.0 Å². The first-order valence-electron chi connectivity index (χ1n) is 11.7. The Kier molecular flexibility index (Phi) is 5.65. The minimum atomic E-state index is -3.60. The SMILES string of the molecule is CCn1cc(S(=O)(=O)N2CCN(C(=O)N3C[C@H]4C[C@H](C3)[C@H]3CCCC(=O)N3C4)CC2)cn1. The minimum absolute atomic E-state index is 0.00568. The van der Waals surface area contributed by atoms with Crippen molar-refractivity contribution in [3.63, 3.8) is 0 Å². The van der Waals surface area contributed by atoms with Crippen LogP contribution in [0.5, 0.6) is 0 Å². The number of sulfonamides is 1. The number of rotatable bonds is 3. The van der Waals surface area contributed by atoms with Crippen LogP contribution in [0.1, 0.15) is 32.6 Å². The van der Waals surface area contributed by atoms with Crippen molar-refractivity contribution in [1.29, 1.82) is 0 Å². The molecule has 1 aromatic heterocycles. The van der Waals surface area contributed by atoms with Crippen LogP contribution in [0.25, 0.3) is 0 Å². The van der Waals surface area contributed by atoms with Crippen molar-refractivity contribution in [2.24, 2.45) is 11.8 Å². The molecule has 4 fully saturated rings. The Balaban J connectivity index is 1.20. The Labute approximate surface area is 189 Å². The van der Waals surface area contributed by atoms with Gasteiger partial charge in [0, 0.05) is 71.0 Å². The summed E-state index contributed by atoms with van der Waals surface area (Å²) < 4.78 is 28.9. The fourth-order valence-electron chi connectivity index (χ4n) is 5.89. The third-order valence-corrected chi connectivity index (χ3v) is 9.38. The largest absolute Gasteiger partial charge is 0.339 e. The Morgan fingerprint density at radius 3 is 2.62 bits per heavy atom. The number of carbonyl (C=O) groups is 2. The predicted molar refractivity (Wildman–Crippen MR) is 116 cm³/mol. The van der Waals surface area contributed by atoms with Gasteiger partial charge in [-0.15, -0.1) is 0 Å². The Morgan fingerprint density at radius 2 is 1.91 bits per heavy atom. The number of aryl methyl sites for hydroxylation is 1. The normalized spacial score (nSPS) is 29.2. The summed E-state index contributed by atoms with van der Waals surface area (Å²) in [7, 11) is -3.60. The van der Waals surface area contributed by atoms with Crippen LogP contribution in [0, 0.1) is 11.8 Å². The molecular formula is C21H32N6O4S. The van der Waals surface area contributed by atoms with E-state index in [1.165, 1.54) is 10.5 Å². The van der Waals surface area contributed by atoms with Gasteiger partial charge in [0.25, 0.3) is 0 Å². The van der Waals surface area contributed by atoms with Gasteiger partial charge in [-0.2, -0.15) is 9.40 Å². The summed E-state index contributed by atoms with van der Waals surface area (Å²) in [5, 5.41) is 4.08. The van der Waals surface area contributed by atoms with Crippen molar-refractivity contribution in [1.82, 2.24) is 28.8 Å². The molecule has 0 spiro atoms. The molecule has 10 nitrogen and oxygen atoms in total. The van der Waals surface area contributed by atoms with E-state index in [2.05, 4.69) is 10.00 Å². The molecule has 0 N–H and O–H groups in total. The van der Waals surface area contributed by atoms with Crippen LogP contribution in [0.15, 0.2) is 17.3 Å². The molecule has 3 amide bonds. The second-order valence-electron chi connectivity index (χ2n) is 9.48. The van der Waals surface area contributed by atoms with E-state index in [1.807, 2.05) is 11.8 Å². The average molecular weight is 465 g/mol. The number of likely N-dealkylation sites (tertiary alicyclic amines) is 1. The third kappa shape index (κ3) is 3.79. The van der Waals surface area contributed by atoms with Crippen molar-refractivity contribution < 1.29 is 18.0 Å². The van der Waals surface area contributed by atoms with Gasteiger partial charge in [-0.25, -0.2) is 13.2 Å². The van der Waals surface area contributed by atoms with Crippen molar-refractivity contribution in [2.75, 3.05) is 45.8 Å². The van der Waals surface area contributed by atoms with Crippen molar-refractivity contribution in [3.8, 4) is 0 Å². The van der Waals surface area contributed by atoms with E-state index < -0.39 is 10.0 Å². The zero-order valence-corrected chi connectivity index (χ0v) is 19.4. The van der Waals surface area contributed by atoms with E-state index in [0.29, 0.717) is 51.0 Å². The molecule has 4 aliphatic heterocycles. The maximum Gasteiger partial charge on any atom is 0.320 e. The van der Waals surface area contributed by atoms with Gasteiger partial charge in [0.15, 0.2) is 0 Å². The van der Waals surface area contributed by atoms with Crippen molar-refractivity contribution >= 4 is 22.0 Å². The lowest BCUT2D eigenvalue weighted by atomic mass is 9.76. The van der Waals surface area contributed by atoms with Crippen LogP contribution in [0.4, 0.5) is 4.79 Å². The molecule has 4 saturated heterocycles. The fraction of sp³-hybridized carbons (Fsp3) is 0.762. The van der Waals surface area contributed by atoms with Crippen molar-refractivity contribution in [3.05, 3.63) is 12.4 Å². The Hall–Kier alpha value is -2.14. The molecule has 0 saturated carbocycles. The van der Waals surface area contributed by atoms with Gasteiger partial charge in [-0.3, -0.25) is 9.48 Å². The number of fused-ring (bicyclic) bond motifs is 4. The molecule has 1 aromatic rings. The third-order valence-electron chi connectivity index (χ3n) is 7.53. The molecule has 5 heterocycles. The molecule has 0 aromatic carbocycles. The minimum Gasteiger partial charge on any atom is -0.339 e. The van der Waals surface area contributed by atoms with Gasteiger partial charge < -0.3 is 14.7 Å². The van der Waals surface area contributed by atoms with Crippen LogP contribution in [0.2, 0.25) is 0 Å². The number of piperazine rings is 1. The molecule has 5 rings (SSSR count). The number of hydrogen-bond acceptors (Lipinski definition) is 5. The summed E-state index contributed by atoms with van der Waals surface area (Å²) in [5.41, 5.74) is 0. The van der Waals surface area contributed by atoms with Gasteiger partial charge in [-0.1, -0.05) is 0 Å². The molecule has 2 bridgehead atoms. The van der Waals surface area contributed by atoms with Gasteiger partial charge >= 0.3 is 6.03 Å². The summed E-state index contributed by atoms with van der Waals surface area (Å²) >= 11 is 0. The lowest BCUT2D eigenvalue weighted by molar-refractivity contribution is -0.144. The molecule has 11 heteroatoms. The van der Waals surface area contributed by atoms with Crippen LogP contribution >= 0.6 is 0 Å². The van der Waals surface area contributed by atoms with E-state index >= 15 is 0 Å². The van der Waals surface area contributed by atoms with Crippen molar-refractivity contribution in [2.45, 2.75) is 50.1 Å². The summed E-state index contributed by atoms with van der Waals surface area (Å²) in [6.45, 7) is 6.02. The number of urea groups is 1. The Bertz CT molecular complexity index is 986. The number of nitrogens with zero attached hydrogens (tertiary/aromatic N) is 6. The molecule has 0 aliphatic carbocycles. The zero-order valence-electron chi connectivity index (χ0n) is 18.6. The first kappa shape index (κ1) is 21.7. The highest BCUT2D eigenvalue weighted by molar-refractivity contribution is 7.89.